The van der Waals surface area contributed by atoms with E-state index < -0.39 is 0 Å². The largest absolute Gasteiger partial charge is 0.298 e. The summed E-state index contributed by atoms with van der Waals surface area (Å²) in [6.45, 7) is 1.97. The summed E-state index contributed by atoms with van der Waals surface area (Å²) in [5.41, 5.74) is 1.49. The molecule has 1 atom stereocenters. The van der Waals surface area contributed by atoms with Crippen LogP contribution in [0.5, 0.6) is 0 Å². The van der Waals surface area contributed by atoms with E-state index in [1.807, 2.05) is 19.1 Å². The topological polar surface area (TPSA) is 17.1 Å². The number of hydrogen-bond acceptors (Lipinski definition) is 2. The molecule has 0 bridgehead atoms. The van der Waals surface area contributed by atoms with E-state index in [9.17, 15) is 4.79 Å². The first-order chi connectivity index (χ1) is 7.13. The summed E-state index contributed by atoms with van der Waals surface area (Å²) >= 11 is 13.7. The van der Waals surface area contributed by atoms with E-state index in [1.54, 1.807) is 17.8 Å². The van der Waals surface area contributed by atoms with Gasteiger partial charge >= 0.3 is 0 Å². The van der Waals surface area contributed by atoms with Crippen molar-refractivity contribution in [3.05, 3.63) is 34.4 Å². The monoisotopic (exact) mass is 258 g/mol. The Balaban J connectivity index is 2.63. The Morgan fingerprint density at radius 1 is 1.40 bits per heavy atom. The predicted octanol–water partition coefficient (Wildman–Crippen LogP) is 3.98. The smallest absolute Gasteiger partial charge is 0.148 e. The fourth-order valence-electron chi connectivity index (χ4n) is 1.51. The number of halogens is 2. The average molecular weight is 259 g/mol. The van der Waals surface area contributed by atoms with Gasteiger partial charge in [0, 0.05) is 26.3 Å². The van der Waals surface area contributed by atoms with Gasteiger partial charge in [0.1, 0.15) is 6.29 Å². The van der Waals surface area contributed by atoms with Crippen molar-refractivity contribution in [2.45, 2.75) is 17.1 Å². The van der Waals surface area contributed by atoms with E-state index in [0.29, 0.717) is 15.6 Å². The highest BCUT2D eigenvalue weighted by molar-refractivity contribution is 8.00. The fourth-order valence-corrected chi connectivity index (χ4v) is 3.29. The molecule has 0 fully saturated rings. The number of rotatable bonds is 1. The normalized spacial score (nSPS) is 20.1. The van der Waals surface area contributed by atoms with E-state index in [-0.39, 0.29) is 5.25 Å². The van der Waals surface area contributed by atoms with Gasteiger partial charge in [-0.2, -0.15) is 0 Å². The van der Waals surface area contributed by atoms with E-state index in [0.717, 1.165) is 16.7 Å². The van der Waals surface area contributed by atoms with Crippen molar-refractivity contribution in [2.24, 2.45) is 0 Å². The summed E-state index contributed by atoms with van der Waals surface area (Å²) in [6, 6.07) is 5.56. The van der Waals surface area contributed by atoms with Gasteiger partial charge in [0.2, 0.25) is 0 Å². The first kappa shape index (κ1) is 11.1. The number of carbonyl (C=O) groups is 1. The van der Waals surface area contributed by atoms with Crippen molar-refractivity contribution in [1.82, 2.24) is 0 Å². The molecule has 15 heavy (non-hydrogen) atoms. The maximum absolute atomic E-state index is 10.9. The molecular formula is C11H8Cl2OS. The van der Waals surface area contributed by atoms with E-state index in [2.05, 4.69) is 0 Å². The van der Waals surface area contributed by atoms with Crippen LogP contribution in [-0.2, 0) is 4.79 Å². The highest BCUT2D eigenvalue weighted by Gasteiger charge is 2.23. The lowest BCUT2D eigenvalue weighted by Gasteiger charge is -2.21. The lowest BCUT2D eigenvalue weighted by atomic mass is 10.1. The van der Waals surface area contributed by atoms with Crippen LogP contribution >= 0.6 is 35.0 Å². The molecule has 78 valence electrons. The summed E-state index contributed by atoms with van der Waals surface area (Å²) in [5, 5.41) is 1.25. The summed E-state index contributed by atoms with van der Waals surface area (Å²) in [6.07, 6.45) is 0.823. The Morgan fingerprint density at radius 2 is 2.13 bits per heavy atom. The zero-order valence-corrected chi connectivity index (χ0v) is 10.3. The number of carbonyl (C=O) groups excluding carboxylic acids is 1. The maximum Gasteiger partial charge on any atom is 0.148 e. The molecule has 2 rings (SSSR count). The van der Waals surface area contributed by atoms with Gasteiger partial charge in [0.25, 0.3) is 0 Å². The third kappa shape index (κ3) is 1.94. The molecule has 0 saturated heterocycles. The zero-order valence-electron chi connectivity index (χ0n) is 7.96. The van der Waals surface area contributed by atoms with Gasteiger partial charge in [-0.15, -0.1) is 11.8 Å². The van der Waals surface area contributed by atoms with Crippen molar-refractivity contribution < 1.29 is 4.79 Å². The summed E-state index contributed by atoms with van der Waals surface area (Å²) in [7, 11) is 0. The minimum Gasteiger partial charge on any atom is -0.298 e. The van der Waals surface area contributed by atoms with E-state index >= 15 is 0 Å². The van der Waals surface area contributed by atoms with Gasteiger partial charge in [0.15, 0.2) is 0 Å². The Morgan fingerprint density at radius 3 is 2.80 bits per heavy atom. The lowest BCUT2D eigenvalue weighted by Crippen LogP contribution is -2.09. The second-order valence-corrected chi connectivity index (χ2v) is 5.48. The number of thioether (sulfide) groups is 1. The van der Waals surface area contributed by atoms with Crippen molar-refractivity contribution in [1.29, 1.82) is 0 Å². The van der Waals surface area contributed by atoms with Gasteiger partial charge < -0.3 is 0 Å². The van der Waals surface area contributed by atoms with E-state index in [4.69, 9.17) is 23.2 Å². The molecule has 0 saturated carbocycles. The quantitative estimate of drug-likeness (QED) is 0.709. The molecule has 0 radical (unpaired) electrons. The Labute approximate surface area is 102 Å². The molecule has 1 aromatic rings. The molecular weight excluding hydrogens is 251 g/mol. The molecule has 1 aliphatic heterocycles. The molecule has 1 aromatic carbocycles. The first-order valence-corrected chi connectivity index (χ1v) is 6.08. The van der Waals surface area contributed by atoms with Crippen molar-refractivity contribution >= 4 is 46.3 Å². The number of hydrogen-bond donors (Lipinski definition) is 0. The molecule has 1 heterocycles. The van der Waals surface area contributed by atoms with Crippen LogP contribution in [0, 0.1) is 0 Å². The third-order valence-electron chi connectivity index (χ3n) is 2.30. The molecule has 1 aliphatic rings. The Hall–Kier alpha value is -0.440. The van der Waals surface area contributed by atoms with Crippen molar-refractivity contribution in [3.63, 3.8) is 0 Å². The minimum absolute atomic E-state index is 0.101. The summed E-state index contributed by atoms with van der Waals surface area (Å²) < 4.78 is 0. The maximum atomic E-state index is 10.9. The van der Waals surface area contributed by atoms with Crippen LogP contribution < -0.4 is 0 Å². The van der Waals surface area contributed by atoms with E-state index in [1.165, 1.54) is 0 Å². The molecule has 0 spiro atoms. The Bertz CT molecular complexity index is 454. The number of benzene rings is 1. The van der Waals surface area contributed by atoms with Crippen LogP contribution in [-0.4, -0.2) is 11.5 Å². The fraction of sp³-hybridized carbons (Fsp3) is 0.182. The second kappa shape index (κ2) is 4.20. The third-order valence-corrected chi connectivity index (χ3v) is 4.17. The molecule has 0 aromatic heterocycles. The standard InChI is InChI=1S/C11H8Cl2OS/c1-6-9(5-14)11(13)8-4-7(12)2-3-10(8)15-6/h2-6H,1H3. The zero-order chi connectivity index (χ0) is 11.0. The average Bonchev–Trinajstić information content (AvgIpc) is 2.20. The molecule has 0 aliphatic carbocycles. The van der Waals surface area contributed by atoms with Crippen LogP contribution in [0.3, 0.4) is 0 Å². The van der Waals surface area contributed by atoms with Gasteiger partial charge in [-0.3, -0.25) is 4.79 Å². The summed E-state index contributed by atoms with van der Waals surface area (Å²) in [5.74, 6) is 0. The molecule has 0 amide bonds. The van der Waals surface area contributed by atoms with Gasteiger partial charge in [-0.25, -0.2) is 0 Å². The van der Waals surface area contributed by atoms with Crippen molar-refractivity contribution in [3.8, 4) is 0 Å². The van der Waals surface area contributed by atoms with Gasteiger partial charge in [-0.05, 0) is 25.1 Å². The van der Waals surface area contributed by atoms with Crippen LogP contribution in [0.25, 0.3) is 5.03 Å². The number of fused-ring (bicyclic) bond motifs is 1. The molecule has 1 unspecified atom stereocenters. The predicted molar refractivity (Wildman–Crippen MR) is 65.6 cm³/mol. The van der Waals surface area contributed by atoms with Crippen molar-refractivity contribution in [2.75, 3.05) is 0 Å². The molecule has 0 N–H and O–H groups in total. The highest BCUT2D eigenvalue weighted by atomic mass is 35.5. The highest BCUT2D eigenvalue weighted by Crippen LogP contribution is 2.43. The first-order valence-electron chi connectivity index (χ1n) is 4.45. The van der Waals surface area contributed by atoms with Crippen LogP contribution in [0.15, 0.2) is 28.7 Å². The van der Waals surface area contributed by atoms with Crippen LogP contribution in [0.4, 0.5) is 0 Å². The summed E-state index contributed by atoms with van der Waals surface area (Å²) in [4.78, 5) is 12.0. The molecule has 4 heteroatoms. The lowest BCUT2D eigenvalue weighted by molar-refractivity contribution is -0.104. The SMILES string of the molecule is CC1Sc2ccc(Cl)cc2C(Cl)=C1C=O. The van der Waals surface area contributed by atoms with Crippen LogP contribution in [0.2, 0.25) is 5.02 Å². The second-order valence-electron chi connectivity index (χ2n) is 3.29. The Kier molecular flexibility index (Phi) is 3.10. The minimum atomic E-state index is 0.101. The van der Waals surface area contributed by atoms with Crippen LogP contribution in [0.1, 0.15) is 12.5 Å². The molecule has 1 nitrogen and oxygen atoms in total. The van der Waals surface area contributed by atoms with Gasteiger partial charge in [-0.1, -0.05) is 23.2 Å². The number of aldehydes is 1. The van der Waals surface area contributed by atoms with Gasteiger partial charge in [0.05, 0.1) is 5.03 Å².